The lowest BCUT2D eigenvalue weighted by Gasteiger charge is -2.11. The Morgan fingerprint density at radius 2 is 2.15 bits per heavy atom. The van der Waals surface area contributed by atoms with E-state index in [2.05, 4.69) is 15.6 Å². The van der Waals surface area contributed by atoms with Crippen LogP contribution in [-0.4, -0.2) is 31.6 Å². The van der Waals surface area contributed by atoms with Gasteiger partial charge in [-0.3, -0.25) is 9.78 Å². The van der Waals surface area contributed by atoms with Crippen LogP contribution in [-0.2, 0) is 4.79 Å². The minimum absolute atomic E-state index is 0.673. The van der Waals surface area contributed by atoms with E-state index in [0.717, 1.165) is 47.4 Å². The van der Waals surface area contributed by atoms with E-state index in [1.807, 2.05) is 31.2 Å². The van der Waals surface area contributed by atoms with Crippen LogP contribution < -0.4 is 15.4 Å². The Morgan fingerprint density at radius 1 is 1.30 bits per heavy atom. The van der Waals surface area contributed by atoms with Gasteiger partial charge in [0.05, 0.1) is 12.6 Å². The zero-order valence-electron chi connectivity index (χ0n) is 11.8. The highest BCUT2D eigenvalue weighted by molar-refractivity contribution is 5.92. The molecule has 1 aromatic heterocycles. The number of nitrogens with zero attached hydrogens (tertiary/aromatic N) is 1. The molecule has 1 amide bonds. The van der Waals surface area contributed by atoms with Gasteiger partial charge >= 0.3 is 0 Å². The zero-order chi connectivity index (χ0) is 14.4. The summed E-state index contributed by atoms with van der Waals surface area (Å²) in [6.45, 7) is 3.44. The molecule has 106 valence electrons. The molecule has 5 heteroatoms. The third kappa shape index (κ3) is 3.38. The molecule has 0 saturated carbocycles. The van der Waals surface area contributed by atoms with Crippen molar-refractivity contribution in [2.45, 2.75) is 13.3 Å². The average molecular weight is 273 g/mol. The van der Waals surface area contributed by atoms with Crippen molar-refractivity contribution in [3.05, 3.63) is 30.0 Å². The summed E-state index contributed by atoms with van der Waals surface area (Å²) in [7, 11) is 1.65. The Kier molecular flexibility index (Phi) is 4.76. The Bertz CT molecular complexity index is 599. The maximum absolute atomic E-state index is 10.2. The number of benzene rings is 1. The predicted molar refractivity (Wildman–Crippen MR) is 80.2 cm³/mol. The fourth-order valence-electron chi connectivity index (χ4n) is 2.09. The highest BCUT2D eigenvalue weighted by atomic mass is 16.5. The zero-order valence-corrected chi connectivity index (χ0v) is 11.8. The fraction of sp³-hybridized carbons (Fsp3) is 0.333. The molecule has 1 heterocycles. The van der Waals surface area contributed by atoms with E-state index < -0.39 is 0 Å². The lowest BCUT2D eigenvalue weighted by Crippen LogP contribution is -2.16. The minimum atomic E-state index is 0.673. The van der Waals surface area contributed by atoms with E-state index >= 15 is 0 Å². The molecule has 0 atom stereocenters. The summed E-state index contributed by atoms with van der Waals surface area (Å²) in [5.74, 6) is 0.803. The van der Waals surface area contributed by atoms with Gasteiger partial charge < -0.3 is 15.4 Å². The third-order valence-electron chi connectivity index (χ3n) is 3.04. The van der Waals surface area contributed by atoms with Crippen molar-refractivity contribution in [1.29, 1.82) is 0 Å². The molecule has 0 radical (unpaired) electrons. The molecule has 0 saturated heterocycles. The Hall–Kier alpha value is -2.30. The van der Waals surface area contributed by atoms with Crippen LogP contribution in [0.25, 0.3) is 10.9 Å². The maximum atomic E-state index is 10.2. The van der Waals surface area contributed by atoms with Crippen molar-refractivity contribution in [2.24, 2.45) is 0 Å². The molecule has 2 N–H and O–H groups in total. The number of rotatable bonds is 7. The first-order chi connectivity index (χ1) is 9.74. The molecule has 0 aliphatic carbocycles. The lowest BCUT2D eigenvalue weighted by atomic mass is 10.1. The van der Waals surface area contributed by atoms with Gasteiger partial charge in [0.15, 0.2) is 0 Å². The van der Waals surface area contributed by atoms with E-state index in [1.54, 1.807) is 7.11 Å². The van der Waals surface area contributed by atoms with E-state index in [0.29, 0.717) is 6.54 Å². The second-order valence-corrected chi connectivity index (χ2v) is 4.55. The van der Waals surface area contributed by atoms with Crippen LogP contribution in [0, 0.1) is 6.92 Å². The standard InChI is InChI=1S/C15H19N3O2/c1-11-8-14(17-7-3-6-16-10-19)13-5-4-12(20-2)9-15(13)18-11/h4-5,8-10H,3,6-7H2,1-2H3,(H,16,19)(H,17,18). The highest BCUT2D eigenvalue weighted by Crippen LogP contribution is 2.26. The van der Waals surface area contributed by atoms with Gasteiger partial charge in [-0.1, -0.05) is 0 Å². The van der Waals surface area contributed by atoms with E-state index in [4.69, 9.17) is 4.74 Å². The molecule has 0 aliphatic rings. The second-order valence-electron chi connectivity index (χ2n) is 4.55. The number of methoxy groups -OCH3 is 1. The summed E-state index contributed by atoms with van der Waals surface area (Å²) < 4.78 is 5.23. The van der Waals surface area contributed by atoms with Crippen molar-refractivity contribution >= 4 is 23.0 Å². The summed E-state index contributed by atoms with van der Waals surface area (Å²) in [4.78, 5) is 14.7. The van der Waals surface area contributed by atoms with Crippen LogP contribution in [0.3, 0.4) is 0 Å². The minimum Gasteiger partial charge on any atom is -0.497 e. The van der Waals surface area contributed by atoms with Gasteiger partial charge in [-0.2, -0.15) is 0 Å². The van der Waals surface area contributed by atoms with Gasteiger partial charge in [0.1, 0.15) is 5.75 Å². The summed E-state index contributed by atoms with van der Waals surface area (Å²) in [6, 6.07) is 7.90. The van der Waals surface area contributed by atoms with Crippen LogP contribution in [0.2, 0.25) is 0 Å². The average Bonchev–Trinajstić information content (AvgIpc) is 2.46. The van der Waals surface area contributed by atoms with Crippen LogP contribution in [0.4, 0.5) is 5.69 Å². The number of amides is 1. The van der Waals surface area contributed by atoms with E-state index in [-0.39, 0.29) is 0 Å². The van der Waals surface area contributed by atoms with Crippen LogP contribution in [0.15, 0.2) is 24.3 Å². The van der Waals surface area contributed by atoms with Crippen LogP contribution in [0.1, 0.15) is 12.1 Å². The molecule has 2 aromatic rings. The molecular weight excluding hydrogens is 254 g/mol. The van der Waals surface area contributed by atoms with Crippen molar-refractivity contribution in [1.82, 2.24) is 10.3 Å². The van der Waals surface area contributed by atoms with Gasteiger partial charge in [-0.05, 0) is 31.5 Å². The van der Waals surface area contributed by atoms with Gasteiger partial charge in [0.2, 0.25) is 6.41 Å². The van der Waals surface area contributed by atoms with E-state index in [1.165, 1.54) is 0 Å². The van der Waals surface area contributed by atoms with Gasteiger partial charge in [0.25, 0.3) is 0 Å². The quantitative estimate of drug-likeness (QED) is 0.599. The predicted octanol–water partition coefficient (Wildman–Crippen LogP) is 2.10. The number of nitrogens with one attached hydrogen (secondary N) is 2. The van der Waals surface area contributed by atoms with Gasteiger partial charge in [0, 0.05) is 35.9 Å². The topological polar surface area (TPSA) is 63.2 Å². The molecule has 0 aliphatic heterocycles. The summed E-state index contributed by atoms with van der Waals surface area (Å²) >= 11 is 0. The van der Waals surface area contributed by atoms with Crippen molar-refractivity contribution < 1.29 is 9.53 Å². The SMILES string of the molecule is COc1ccc2c(NCCCNC=O)cc(C)nc2c1. The van der Waals surface area contributed by atoms with Crippen molar-refractivity contribution in [2.75, 3.05) is 25.5 Å². The Balaban J connectivity index is 2.17. The summed E-state index contributed by atoms with van der Waals surface area (Å²) in [6.07, 6.45) is 1.59. The number of fused-ring (bicyclic) bond motifs is 1. The van der Waals surface area contributed by atoms with Crippen molar-refractivity contribution in [3.8, 4) is 5.75 Å². The fourth-order valence-corrected chi connectivity index (χ4v) is 2.09. The number of aryl methyl sites for hydroxylation is 1. The highest BCUT2D eigenvalue weighted by Gasteiger charge is 2.05. The number of aromatic nitrogens is 1. The normalized spacial score (nSPS) is 10.3. The first-order valence-electron chi connectivity index (χ1n) is 6.61. The van der Waals surface area contributed by atoms with Crippen molar-refractivity contribution in [3.63, 3.8) is 0 Å². The third-order valence-corrected chi connectivity index (χ3v) is 3.04. The van der Waals surface area contributed by atoms with E-state index in [9.17, 15) is 4.79 Å². The molecule has 0 spiro atoms. The van der Waals surface area contributed by atoms with Crippen LogP contribution >= 0.6 is 0 Å². The number of anilines is 1. The van der Waals surface area contributed by atoms with Gasteiger partial charge in [-0.15, -0.1) is 0 Å². The maximum Gasteiger partial charge on any atom is 0.207 e. The molecule has 1 aromatic carbocycles. The molecule has 0 bridgehead atoms. The number of ether oxygens (including phenoxy) is 1. The molecular formula is C15H19N3O2. The molecule has 2 rings (SSSR count). The monoisotopic (exact) mass is 273 g/mol. The number of pyridine rings is 1. The lowest BCUT2D eigenvalue weighted by molar-refractivity contribution is -0.109. The van der Waals surface area contributed by atoms with Gasteiger partial charge in [-0.25, -0.2) is 0 Å². The molecule has 20 heavy (non-hydrogen) atoms. The largest absolute Gasteiger partial charge is 0.497 e. The Labute approximate surface area is 118 Å². The van der Waals surface area contributed by atoms with Crippen LogP contribution in [0.5, 0.6) is 5.75 Å². The Morgan fingerprint density at radius 3 is 2.90 bits per heavy atom. The second kappa shape index (κ2) is 6.75. The number of carbonyl (C=O) groups is 1. The smallest absolute Gasteiger partial charge is 0.207 e. The molecule has 5 nitrogen and oxygen atoms in total. The first kappa shape index (κ1) is 14.1. The summed E-state index contributed by atoms with van der Waals surface area (Å²) in [5, 5.41) is 7.11. The first-order valence-corrected chi connectivity index (χ1v) is 6.61. The number of hydrogen-bond donors (Lipinski definition) is 2. The number of hydrogen-bond acceptors (Lipinski definition) is 4. The molecule has 0 unspecified atom stereocenters. The number of carbonyl (C=O) groups excluding carboxylic acids is 1. The molecule has 0 fully saturated rings. The summed E-state index contributed by atoms with van der Waals surface area (Å²) in [5.41, 5.74) is 2.93.